The molecular weight excluding hydrogens is 419 g/mol. The Labute approximate surface area is 176 Å². The lowest BCUT2D eigenvalue weighted by molar-refractivity contribution is -0.121. The van der Waals surface area contributed by atoms with Crippen LogP contribution in [0, 0.1) is 0 Å². The van der Waals surface area contributed by atoms with Gasteiger partial charge in [-0.2, -0.15) is 4.31 Å². The minimum Gasteiger partial charge on any atom is -0.352 e. The van der Waals surface area contributed by atoms with Crippen LogP contribution < -0.4 is 5.32 Å². The Hall–Kier alpha value is -1.60. The summed E-state index contributed by atoms with van der Waals surface area (Å²) in [6, 6.07) is 11.8. The van der Waals surface area contributed by atoms with Gasteiger partial charge >= 0.3 is 0 Å². The van der Waals surface area contributed by atoms with Crippen molar-refractivity contribution in [1.29, 1.82) is 0 Å². The first kappa shape index (κ1) is 22.7. The molecule has 0 saturated heterocycles. The highest BCUT2D eigenvalue weighted by molar-refractivity contribution is 7.89. The Morgan fingerprint density at radius 1 is 1.04 bits per heavy atom. The van der Waals surface area contributed by atoms with E-state index in [2.05, 4.69) is 5.32 Å². The summed E-state index contributed by atoms with van der Waals surface area (Å²) in [5.74, 6) is -0.106. The second-order valence-electron chi connectivity index (χ2n) is 6.25. The van der Waals surface area contributed by atoms with Crippen molar-refractivity contribution < 1.29 is 13.2 Å². The maximum Gasteiger partial charge on any atom is 0.243 e. The van der Waals surface area contributed by atoms with E-state index in [0.29, 0.717) is 42.5 Å². The van der Waals surface area contributed by atoms with E-state index in [1.807, 2.05) is 13.8 Å². The van der Waals surface area contributed by atoms with Crippen LogP contribution in [0.2, 0.25) is 10.0 Å². The highest BCUT2D eigenvalue weighted by Gasteiger charge is 2.21. The molecule has 0 saturated carbocycles. The van der Waals surface area contributed by atoms with Crippen molar-refractivity contribution in [2.75, 3.05) is 13.1 Å². The van der Waals surface area contributed by atoms with E-state index < -0.39 is 10.0 Å². The van der Waals surface area contributed by atoms with E-state index in [-0.39, 0.29) is 10.8 Å². The molecule has 0 unspecified atom stereocenters. The molecule has 0 aliphatic carbocycles. The Balaban J connectivity index is 1.89. The maximum absolute atomic E-state index is 12.5. The van der Waals surface area contributed by atoms with Crippen LogP contribution in [0.4, 0.5) is 0 Å². The van der Waals surface area contributed by atoms with Gasteiger partial charge in [0.1, 0.15) is 0 Å². The number of aryl methyl sites for hydroxylation is 1. The number of benzene rings is 2. The molecule has 1 amide bonds. The number of hydrogen-bond donors (Lipinski definition) is 1. The summed E-state index contributed by atoms with van der Waals surface area (Å²) in [5.41, 5.74) is 1.70. The number of sulfonamides is 1. The largest absolute Gasteiger partial charge is 0.352 e. The zero-order valence-electron chi connectivity index (χ0n) is 15.9. The molecule has 152 valence electrons. The van der Waals surface area contributed by atoms with Crippen molar-refractivity contribution >= 4 is 39.1 Å². The zero-order valence-corrected chi connectivity index (χ0v) is 18.2. The minimum absolute atomic E-state index is 0.106. The number of nitrogens with zero attached hydrogens (tertiary/aromatic N) is 1. The van der Waals surface area contributed by atoms with Crippen LogP contribution in [0.25, 0.3) is 0 Å². The molecule has 0 atom stereocenters. The number of carbonyl (C=O) groups excluding carboxylic acids is 1. The van der Waals surface area contributed by atoms with Crippen molar-refractivity contribution in [2.24, 2.45) is 0 Å². The van der Waals surface area contributed by atoms with Crippen molar-refractivity contribution in [1.82, 2.24) is 9.62 Å². The summed E-state index contributed by atoms with van der Waals surface area (Å²) < 4.78 is 26.4. The molecule has 8 heteroatoms. The van der Waals surface area contributed by atoms with Gasteiger partial charge in [0.2, 0.25) is 15.9 Å². The quantitative estimate of drug-likeness (QED) is 0.630. The minimum atomic E-state index is -3.46. The normalized spacial score (nSPS) is 11.6. The summed E-state index contributed by atoms with van der Waals surface area (Å²) in [4.78, 5) is 12.3. The molecule has 0 bridgehead atoms. The van der Waals surface area contributed by atoms with Crippen LogP contribution in [-0.2, 0) is 27.8 Å². The van der Waals surface area contributed by atoms with Crippen LogP contribution in [-0.4, -0.2) is 31.7 Å². The lowest BCUT2D eigenvalue weighted by Crippen LogP contribution is -2.30. The highest BCUT2D eigenvalue weighted by atomic mass is 35.5. The van der Waals surface area contributed by atoms with Gasteiger partial charge in [-0.3, -0.25) is 4.79 Å². The maximum atomic E-state index is 12.5. The number of rotatable bonds is 9. The summed E-state index contributed by atoms with van der Waals surface area (Å²) in [5, 5.41) is 3.89. The third kappa shape index (κ3) is 5.95. The lowest BCUT2D eigenvalue weighted by Gasteiger charge is -2.18. The van der Waals surface area contributed by atoms with Gasteiger partial charge in [0.25, 0.3) is 0 Å². The van der Waals surface area contributed by atoms with Crippen LogP contribution >= 0.6 is 23.2 Å². The van der Waals surface area contributed by atoms with Crippen molar-refractivity contribution in [3.63, 3.8) is 0 Å². The first-order chi connectivity index (χ1) is 13.3. The first-order valence-electron chi connectivity index (χ1n) is 9.07. The van der Waals surface area contributed by atoms with E-state index in [9.17, 15) is 13.2 Å². The first-order valence-corrected chi connectivity index (χ1v) is 11.3. The van der Waals surface area contributed by atoms with Gasteiger partial charge in [0, 0.05) is 36.1 Å². The van der Waals surface area contributed by atoms with Gasteiger partial charge in [0.05, 0.1) is 4.90 Å². The van der Waals surface area contributed by atoms with Crippen molar-refractivity contribution in [3.05, 3.63) is 63.6 Å². The second kappa shape index (κ2) is 10.3. The smallest absolute Gasteiger partial charge is 0.243 e. The molecular formula is C20H24Cl2N2O3S. The van der Waals surface area contributed by atoms with Crippen LogP contribution in [0.15, 0.2) is 47.4 Å². The molecule has 0 radical (unpaired) electrons. The SMILES string of the molecule is CCN(CC)S(=O)(=O)c1ccc(CCC(=O)NCc2ccc(Cl)cc2Cl)cc1. The van der Waals surface area contributed by atoms with Gasteiger partial charge in [-0.1, -0.05) is 55.2 Å². The average Bonchev–Trinajstić information content (AvgIpc) is 2.66. The predicted molar refractivity (Wildman–Crippen MR) is 113 cm³/mol. The van der Waals surface area contributed by atoms with Crippen LogP contribution in [0.5, 0.6) is 0 Å². The zero-order chi connectivity index (χ0) is 20.7. The second-order valence-corrected chi connectivity index (χ2v) is 9.03. The Bertz CT molecular complexity index is 912. The number of hydrogen-bond acceptors (Lipinski definition) is 3. The number of amides is 1. The predicted octanol–water partition coefficient (Wildman–Crippen LogP) is 4.27. The standard InChI is InChI=1S/C20H24Cl2N2O3S/c1-3-24(4-2)28(26,27)18-10-5-15(6-11-18)7-12-20(25)23-14-16-8-9-17(21)13-19(16)22/h5-6,8-11,13H,3-4,7,12,14H2,1-2H3,(H,23,25). The van der Waals surface area contributed by atoms with Gasteiger partial charge in [-0.05, 0) is 41.8 Å². The fourth-order valence-corrected chi connectivity index (χ4v) is 4.68. The van der Waals surface area contributed by atoms with Gasteiger partial charge in [-0.25, -0.2) is 8.42 Å². The summed E-state index contributed by atoms with van der Waals surface area (Å²) >= 11 is 12.0. The molecule has 5 nitrogen and oxygen atoms in total. The third-order valence-electron chi connectivity index (χ3n) is 4.40. The molecule has 2 aromatic rings. The van der Waals surface area contributed by atoms with E-state index >= 15 is 0 Å². The van der Waals surface area contributed by atoms with Crippen LogP contribution in [0.3, 0.4) is 0 Å². The molecule has 0 heterocycles. The monoisotopic (exact) mass is 442 g/mol. The van der Waals surface area contributed by atoms with Gasteiger partial charge in [0.15, 0.2) is 0 Å². The summed E-state index contributed by atoms with van der Waals surface area (Å²) in [6.07, 6.45) is 0.819. The summed E-state index contributed by atoms with van der Waals surface area (Å²) in [6.45, 7) is 4.81. The van der Waals surface area contributed by atoms with E-state index in [4.69, 9.17) is 23.2 Å². The van der Waals surface area contributed by atoms with E-state index in [1.54, 1.807) is 42.5 Å². The van der Waals surface area contributed by atoms with Crippen molar-refractivity contribution in [3.8, 4) is 0 Å². The Kier molecular flexibility index (Phi) is 8.31. The fourth-order valence-electron chi connectivity index (χ4n) is 2.75. The fraction of sp³-hybridized carbons (Fsp3) is 0.350. The number of halogens is 2. The molecule has 0 fully saturated rings. The lowest BCUT2D eigenvalue weighted by atomic mass is 10.1. The molecule has 0 spiro atoms. The molecule has 0 aromatic heterocycles. The highest BCUT2D eigenvalue weighted by Crippen LogP contribution is 2.21. The summed E-state index contributed by atoms with van der Waals surface area (Å²) in [7, 11) is -3.46. The van der Waals surface area contributed by atoms with E-state index in [1.165, 1.54) is 4.31 Å². The Morgan fingerprint density at radius 3 is 2.25 bits per heavy atom. The molecule has 28 heavy (non-hydrogen) atoms. The van der Waals surface area contributed by atoms with Gasteiger partial charge in [-0.15, -0.1) is 0 Å². The topological polar surface area (TPSA) is 66.5 Å². The molecule has 1 N–H and O–H groups in total. The van der Waals surface area contributed by atoms with Crippen LogP contribution in [0.1, 0.15) is 31.4 Å². The molecule has 2 aromatic carbocycles. The van der Waals surface area contributed by atoms with Crippen molar-refractivity contribution in [2.45, 2.75) is 38.1 Å². The molecule has 0 aliphatic heterocycles. The molecule has 2 rings (SSSR count). The Morgan fingerprint density at radius 2 is 1.68 bits per heavy atom. The average molecular weight is 443 g/mol. The van der Waals surface area contributed by atoms with Gasteiger partial charge < -0.3 is 5.32 Å². The number of carbonyl (C=O) groups is 1. The molecule has 0 aliphatic rings. The van der Waals surface area contributed by atoms with E-state index in [0.717, 1.165) is 11.1 Å². The number of nitrogens with one attached hydrogen (secondary N) is 1. The third-order valence-corrected chi connectivity index (χ3v) is 7.05.